The zero-order chi connectivity index (χ0) is 15.2. The summed E-state index contributed by atoms with van der Waals surface area (Å²) in [5.74, 6) is 1.69. The van der Waals surface area contributed by atoms with Crippen LogP contribution >= 0.6 is 0 Å². The molecule has 1 N–H and O–H groups in total. The first-order valence-corrected chi connectivity index (χ1v) is 6.82. The average Bonchev–Trinajstić information content (AvgIpc) is 2.44. The summed E-state index contributed by atoms with van der Waals surface area (Å²) in [6.07, 6.45) is 1.77. The molecular weight excluding hydrogens is 268 g/mol. The molecule has 0 bridgehead atoms. The first-order valence-electron chi connectivity index (χ1n) is 6.82. The highest BCUT2D eigenvalue weighted by molar-refractivity contribution is 5.34. The van der Waals surface area contributed by atoms with E-state index in [9.17, 15) is 0 Å². The Balaban J connectivity index is 2.10. The van der Waals surface area contributed by atoms with Crippen LogP contribution in [0.15, 0.2) is 24.4 Å². The Labute approximate surface area is 124 Å². The molecular formula is C15H20N4O2. The number of aryl methyl sites for hydroxylation is 1. The fourth-order valence-electron chi connectivity index (χ4n) is 1.84. The Morgan fingerprint density at radius 3 is 2.81 bits per heavy atom. The predicted octanol–water partition coefficient (Wildman–Crippen LogP) is 2.59. The van der Waals surface area contributed by atoms with Crippen molar-refractivity contribution in [3.8, 4) is 11.8 Å². The zero-order valence-corrected chi connectivity index (χ0v) is 12.8. The quantitative estimate of drug-likeness (QED) is 0.881. The second-order valence-corrected chi connectivity index (χ2v) is 4.86. The van der Waals surface area contributed by atoms with Crippen molar-refractivity contribution in [3.63, 3.8) is 0 Å². The van der Waals surface area contributed by atoms with Gasteiger partial charge in [0.25, 0.3) is 0 Å². The van der Waals surface area contributed by atoms with Crippen LogP contribution in [0, 0.1) is 6.92 Å². The van der Waals surface area contributed by atoms with Gasteiger partial charge in [0.15, 0.2) is 0 Å². The van der Waals surface area contributed by atoms with Gasteiger partial charge in [-0.1, -0.05) is 6.07 Å². The lowest BCUT2D eigenvalue weighted by atomic mass is 10.3. The molecule has 6 heteroatoms. The SMILES string of the molecule is COc1ncccc1CNc1nc(C)cc(OC(C)C)n1. The molecule has 0 saturated heterocycles. The molecule has 21 heavy (non-hydrogen) atoms. The van der Waals surface area contributed by atoms with E-state index in [1.807, 2.05) is 39.0 Å². The molecule has 0 aliphatic heterocycles. The molecule has 0 fully saturated rings. The standard InChI is InChI=1S/C15H20N4O2/c1-10(2)21-13-8-11(3)18-15(19-13)17-9-12-6-5-7-16-14(12)20-4/h5-8,10H,9H2,1-4H3,(H,17,18,19). The van der Waals surface area contributed by atoms with Gasteiger partial charge >= 0.3 is 0 Å². The van der Waals surface area contributed by atoms with E-state index in [4.69, 9.17) is 9.47 Å². The van der Waals surface area contributed by atoms with Gasteiger partial charge in [-0.3, -0.25) is 0 Å². The average molecular weight is 288 g/mol. The zero-order valence-electron chi connectivity index (χ0n) is 12.8. The minimum Gasteiger partial charge on any atom is -0.481 e. The van der Waals surface area contributed by atoms with Crippen molar-refractivity contribution in [1.82, 2.24) is 15.0 Å². The van der Waals surface area contributed by atoms with E-state index < -0.39 is 0 Å². The Morgan fingerprint density at radius 1 is 1.29 bits per heavy atom. The highest BCUT2D eigenvalue weighted by Gasteiger charge is 2.07. The lowest BCUT2D eigenvalue weighted by Gasteiger charge is -2.12. The van der Waals surface area contributed by atoms with Gasteiger partial charge in [0.2, 0.25) is 17.7 Å². The maximum Gasteiger partial charge on any atom is 0.226 e. The van der Waals surface area contributed by atoms with Gasteiger partial charge in [0.05, 0.1) is 13.2 Å². The van der Waals surface area contributed by atoms with Gasteiger partial charge in [-0.25, -0.2) is 9.97 Å². The van der Waals surface area contributed by atoms with Crippen molar-refractivity contribution in [1.29, 1.82) is 0 Å². The number of hydrogen-bond donors (Lipinski definition) is 1. The Bertz CT molecular complexity index is 602. The number of pyridine rings is 1. The van der Waals surface area contributed by atoms with Crippen LogP contribution in [0.2, 0.25) is 0 Å². The molecule has 2 heterocycles. The van der Waals surface area contributed by atoms with Gasteiger partial charge in [-0.15, -0.1) is 0 Å². The van der Waals surface area contributed by atoms with Crippen LogP contribution in [-0.4, -0.2) is 28.2 Å². The first kappa shape index (κ1) is 15.0. The summed E-state index contributed by atoms with van der Waals surface area (Å²) in [5, 5.41) is 3.17. The normalized spacial score (nSPS) is 10.5. The molecule has 0 aliphatic carbocycles. The van der Waals surface area contributed by atoms with Crippen molar-refractivity contribution in [2.75, 3.05) is 12.4 Å². The lowest BCUT2D eigenvalue weighted by Crippen LogP contribution is -2.10. The molecule has 0 saturated carbocycles. The molecule has 2 aromatic heterocycles. The number of nitrogens with one attached hydrogen (secondary N) is 1. The highest BCUT2D eigenvalue weighted by atomic mass is 16.5. The summed E-state index contributed by atoms with van der Waals surface area (Å²) in [5.41, 5.74) is 1.79. The molecule has 0 spiro atoms. The van der Waals surface area contributed by atoms with Crippen LogP contribution < -0.4 is 14.8 Å². The fraction of sp³-hybridized carbons (Fsp3) is 0.400. The van der Waals surface area contributed by atoms with E-state index in [1.54, 1.807) is 13.3 Å². The third-order valence-electron chi connectivity index (χ3n) is 2.67. The van der Waals surface area contributed by atoms with Crippen molar-refractivity contribution < 1.29 is 9.47 Å². The monoisotopic (exact) mass is 288 g/mol. The molecule has 0 aromatic carbocycles. The Morgan fingerprint density at radius 2 is 2.10 bits per heavy atom. The third kappa shape index (κ3) is 4.30. The number of rotatable bonds is 6. The lowest BCUT2D eigenvalue weighted by molar-refractivity contribution is 0.232. The van der Waals surface area contributed by atoms with Gasteiger partial charge in [-0.2, -0.15) is 4.98 Å². The number of hydrogen-bond acceptors (Lipinski definition) is 6. The fourth-order valence-corrected chi connectivity index (χ4v) is 1.84. The molecule has 2 aromatic rings. The van der Waals surface area contributed by atoms with Gasteiger partial charge < -0.3 is 14.8 Å². The number of methoxy groups -OCH3 is 1. The minimum absolute atomic E-state index is 0.0746. The summed E-state index contributed by atoms with van der Waals surface area (Å²) in [4.78, 5) is 12.8. The van der Waals surface area contributed by atoms with Crippen LogP contribution in [-0.2, 0) is 6.54 Å². The van der Waals surface area contributed by atoms with Gasteiger partial charge in [0.1, 0.15) is 0 Å². The summed E-state index contributed by atoms with van der Waals surface area (Å²) in [7, 11) is 1.60. The largest absolute Gasteiger partial charge is 0.481 e. The third-order valence-corrected chi connectivity index (χ3v) is 2.67. The molecule has 112 valence electrons. The van der Waals surface area contributed by atoms with E-state index in [-0.39, 0.29) is 6.10 Å². The van der Waals surface area contributed by atoms with Crippen molar-refractivity contribution in [2.45, 2.75) is 33.4 Å². The minimum atomic E-state index is 0.0746. The number of ether oxygens (including phenoxy) is 2. The van der Waals surface area contributed by atoms with E-state index >= 15 is 0 Å². The predicted molar refractivity (Wildman–Crippen MR) is 80.6 cm³/mol. The van der Waals surface area contributed by atoms with Crippen LogP contribution in [0.3, 0.4) is 0 Å². The van der Waals surface area contributed by atoms with Crippen LogP contribution in [0.5, 0.6) is 11.8 Å². The van der Waals surface area contributed by atoms with Crippen LogP contribution in [0.4, 0.5) is 5.95 Å². The first-order chi connectivity index (χ1) is 10.1. The molecule has 6 nitrogen and oxygen atoms in total. The van der Waals surface area contributed by atoms with Crippen LogP contribution in [0.25, 0.3) is 0 Å². The summed E-state index contributed by atoms with van der Waals surface area (Å²) < 4.78 is 10.8. The van der Waals surface area contributed by atoms with E-state index in [0.717, 1.165) is 11.3 Å². The summed E-state index contributed by atoms with van der Waals surface area (Å²) in [6, 6.07) is 5.62. The Hall–Kier alpha value is -2.37. The smallest absolute Gasteiger partial charge is 0.226 e. The molecule has 0 radical (unpaired) electrons. The number of aromatic nitrogens is 3. The molecule has 0 atom stereocenters. The molecule has 0 aliphatic rings. The molecule has 0 unspecified atom stereocenters. The second-order valence-electron chi connectivity index (χ2n) is 4.86. The van der Waals surface area contributed by atoms with E-state index in [0.29, 0.717) is 24.3 Å². The summed E-state index contributed by atoms with van der Waals surface area (Å²) in [6.45, 7) is 6.36. The van der Waals surface area contributed by atoms with E-state index in [2.05, 4.69) is 20.3 Å². The molecule has 2 rings (SSSR count). The number of anilines is 1. The van der Waals surface area contributed by atoms with Crippen molar-refractivity contribution in [3.05, 3.63) is 35.7 Å². The van der Waals surface area contributed by atoms with Crippen molar-refractivity contribution in [2.24, 2.45) is 0 Å². The summed E-state index contributed by atoms with van der Waals surface area (Å²) >= 11 is 0. The van der Waals surface area contributed by atoms with Gasteiger partial charge in [-0.05, 0) is 26.8 Å². The number of nitrogens with zero attached hydrogens (tertiary/aromatic N) is 3. The topological polar surface area (TPSA) is 69.2 Å². The van der Waals surface area contributed by atoms with Crippen LogP contribution in [0.1, 0.15) is 25.1 Å². The maximum atomic E-state index is 5.60. The second kappa shape index (κ2) is 6.88. The van der Waals surface area contributed by atoms with Gasteiger partial charge in [0, 0.05) is 30.1 Å². The van der Waals surface area contributed by atoms with Crippen molar-refractivity contribution >= 4 is 5.95 Å². The highest BCUT2D eigenvalue weighted by Crippen LogP contribution is 2.17. The Kier molecular flexibility index (Phi) is 4.92. The maximum absolute atomic E-state index is 5.60. The van der Waals surface area contributed by atoms with E-state index in [1.165, 1.54) is 0 Å². The molecule has 0 amide bonds.